The van der Waals surface area contributed by atoms with Crippen molar-refractivity contribution in [1.29, 1.82) is 0 Å². The summed E-state index contributed by atoms with van der Waals surface area (Å²) in [7, 11) is 1.57. The first kappa shape index (κ1) is 12.7. The van der Waals surface area contributed by atoms with Crippen LogP contribution in [0.4, 0.5) is 5.69 Å². The molecule has 4 heteroatoms. The lowest BCUT2D eigenvalue weighted by Gasteiger charge is -2.28. The molecular formula is C14H19NO3. The first-order valence-electron chi connectivity index (χ1n) is 6.28. The van der Waals surface area contributed by atoms with E-state index in [1.165, 1.54) is 6.42 Å². The van der Waals surface area contributed by atoms with Gasteiger partial charge in [-0.1, -0.05) is 19.3 Å². The molecule has 1 aliphatic rings. The van der Waals surface area contributed by atoms with Gasteiger partial charge >= 0.3 is 5.97 Å². The molecular weight excluding hydrogens is 230 g/mol. The van der Waals surface area contributed by atoms with Crippen molar-refractivity contribution >= 4 is 11.7 Å². The fourth-order valence-corrected chi connectivity index (χ4v) is 2.40. The molecule has 1 aromatic rings. The van der Waals surface area contributed by atoms with Gasteiger partial charge in [-0.3, -0.25) is 4.79 Å². The van der Waals surface area contributed by atoms with Crippen LogP contribution in [0.2, 0.25) is 0 Å². The van der Waals surface area contributed by atoms with E-state index in [0.29, 0.717) is 29.3 Å². The van der Waals surface area contributed by atoms with E-state index in [1.54, 1.807) is 25.3 Å². The standard InChI is InChI=1S/C14H19NO3/c1-18-10-5-6-13(15)11(8-10)12(14(16)17)7-9-3-2-4-9/h5-6,8-9,12H,2-4,7,15H2,1H3,(H,16,17). The Balaban J connectivity index is 2.25. The quantitative estimate of drug-likeness (QED) is 0.787. The number of carbonyl (C=O) groups is 1. The molecule has 1 unspecified atom stereocenters. The summed E-state index contributed by atoms with van der Waals surface area (Å²) in [5.74, 6) is -0.150. The molecule has 0 aliphatic heterocycles. The zero-order valence-corrected chi connectivity index (χ0v) is 10.6. The van der Waals surface area contributed by atoms with Crippen LogP contribution in [-0.4, -0.2) is 18.2 Å². The van der Waals surface area contributed by atoms with Crippen molar-refractivity contribution in [2.24, 2.45) is 5.92 Å². The van der Waals surface area contributed by atoms with Crippen molar-refractivity contribution < 1.29 is 14.6 Å². The number of methoxy groups -OCH3 is 1. The van der Waals surface area contributed by atoms with Crippen molar-refractivity contribution in [2.45, 2.75) is 31.6 Å². The normalized spacial score (nSPS) is 16.9. The van der Waals surface area contributed by atoms with E-state index < -0.39 is 11.9 Å². The van der Waals surface area contributed by atoms with Gasteiger partial charge in [0, 0.05) is 5.69 Å². The number of rotatable bonds is 5. The highest BCUT2D eigenvalue weighted by atomic mass is 16.5. The minimum atomic E-state index is -0.804. The maximum absolute atomic E-state index is 11.4. The number of anilines is 1. The molecule has 1 atom stereocenters. The number of carboxylic acid groups (broad SMARTS) is 1. The first-order valence-corrected chi connectivity index (χ1v) is 6.28. The molecule has 1 fully saturated rings. The molecule has 0 bridgehead atoms. The summed E-state index contributed by atoms with van der Waals surface area (Å²) >= 11 is 0. The third kappa shape index (κ3) is 2.58. The Morgan fingerprint density at radius 2 is 2.28 bits per heavy atom. The van der Waals surface area contributed by atoms with Crippen LogP contribution >= 0.6 is 0 Å². The van der Waals surface area contributed by atoms with Gasteiger partial charge in [-0.05, 0) is 36.1 Å². The van der Waals surface area contributed by atoms with Crippen LogP contribution in [0.25, 0.3) is 0 Å². The average Bonchev–Trinajstić information content (AvgIpc) is 2.29. The average molecular weight is 249 g/mol. The number of hydrogen-bond acceptors (Lipinski definition) is 3. The van der Waals surface area contributed by atoms with E-state index >= 15 is 0 Å². The smallest absolute Gasteiger partial charge is 0.311 e. The fourth-order valence-electron chi connectivity index (χ4n) is 2.40. The fraction of sp³-hybridized carbons (Fsp3) is 0.500. The van der Waals surface area contributed by atoms with Crippen molar-refractivity contribution in [2.75, 3.05) is 12.8 Å². The van der Waals surface area contributed by atoms with E-state index in [-0.39, 0.29) is 0 Å². The number of ether oxygens (including phenoxy) is 1. The Kier molecular flexibility index (Phi) is 3.75. The minimum Gasteiger partial charge on any atom is -0.497 e. The number of hydrogen-bond donors (Lipinski definition) is 2. The van der Waals surface area contributed by atoms with E-state index in [1.807, 2.05) is 0 Å². The Hall–Kier alpha value is -1.71. The van der Waals surface area contributed by atoms with E-state index in [2.05, 4.69) is 0 Å². The number of benzene rings is 1. The SMILES string of the molecule is COc1ccc(N)c(C(CC2CCC2)C(=O)O)c1. The first-order chi connectivity index (χ1) is 8.61. The number of nitrogens with two attached hydrogens (primary N) is 1. The molecule has 18 heavy (non-hydrogen) atoms. The molecule has 1 aromatic carbocycles. The Labute approximate surface area is 107 Å². The molecule has 98 valence electrons. The molecule has 1 saturated carbocycles. The zero-order valence-electron chi connectivity index (χ0n) is 10.6. The zero-order chi connectivity index (χ0) is 13.1. The van der Waals surface area contributed by atoms with Crippen LogP contribution in [0.5, 0.6) is 5.75 Å². The lowest BCUT2D eigenvalue weighted by atomic mass is 9.77. The lowest BCUT2D eigenvalue weighted by molar-refractivity contribution is -0.139. The van der Waals surface area contributed by atoms with Crippen molar-refractivity contribution in [1.82, 2.24) is 0 Å². The lowest BCUT2D eigenvalue weighted by Crippen LogP contribution is -2.21. The Morgan fingerprint density at radius 3 is 2.78 bits per heavy atom. The minimum absolute atomic E-state index is 0.523. The second-order valence-electron chi connectivity index (χ2n) is 4.92. The Morgan fingerprint density at radius 1 is 1.56 bits per heavy atom. The summed E-state index contributed by atoms with van der Waals surface area (Å²) < 4.78 is 5.14. The van der Waals surface area contributed by atoms with Crippen molar-refractivity contribution in [3.8, 4) is 5.75 Å². The number of nitrogen functional groups attached to an aromatic ring is 1. The van der Waals surface area contributed by atoms with E-state index in [9.17, 15) is 9.90 Å². The number of aliphatic carboxylic acids is 1. The maximum Gasteiger partial charge on any atom is 0.311 e. The highest BCUT2D eigenvalue weighted by Gasteiger charge is 2.29. The molecule has 0 radical (unpaired) electrons. The molecule has 0 amide bonds. The molecule has 0 spiro atoms. The second-order valence-corrected chi connectivity index (χ2v) is 4.92. The van der Waals surface area contributed by atoms with Gasteiger partial charge in [0.1, 0.15) is 5.75 Å². The van der Waals surface area contributed by atoms with Crippen LogP contribution in [0.1, 0.15) is 37.2 Å². The summed E-state index contributed by atoms with van der Waals surface area (Å²) in [4.78, 5) is 11.4. The Bertz CT molecular complexity index is 441. The van der Waals surface area contributed by atoms with Crippen LogP contribution < -0.4 is 10.5 Å². The van der Waals surface area contributed by atoms with Gasteiger partial charge < -0.3 is 15.6 Å². The van der Waals surface area contributed by atoms with Gasteiger partial charge in [0.05, 0.1) is 13.0 Å². The van der Waals surface area contributed by atoms with Gasteiger partial charge in [-0.15, -0.1) is 0 Å². The third-order valence-electron chi connectivity index (χ3n) is 3.76. The van der Waals surface area contributed by atoms with Gasteiger partial charge in [-0.25, -0.2) is 0 Å². The molecule has 1 aliphatic carbocycles. The van der Waals surface area contributed by atoms with Gasteiger partial charge in [-0.2, -0.15) is 0 Å². The van der Waals surface area contributed by atoms with Crippen LogP contribution in [0, 0.1) is 5.92 Å². The van der Waals surface area contributed by atoms with E-state index in [4.69, 9.17) is 10.5 Å². The summed E-state index contributed by atoms with van der Waals surface area (Å²) in [6.45, 7) is 0. The summed E-state index contributed by atoms with van der Waals surface area (Å²) in [5.41, 5.74) is 7.10. The largest absolute Gasteiger partial charge is 0.497 e. The molecule has 0 heterocycles. The predicted molar refractivity (Wildman–Crippen MR) is 69.7 cm³/mol. The van der Waals surface area contributed by atoms with Gasteiger partial charge in [0.25, 0.3) is 0 Å². The van der Waals surface area contributed by atoms with Crippen LogP contribution in [-0.2, 0) is 4.79 Å². The molecule has 4 nitrogen and oxygen atoms in total. The van der Waals surface area contributed by atoms with Crippen LogP contribution in [0.3, 0.4) is 0 Å². The van der Waals surface area contributed by atoms with Gasteiger partial charge in [0.15, 0.2) is 0 Å². The summed E-state index contributed by atoms with van der Waals surface area (Å²) in [6, 6.07) is 5.21. The van der Waals surface area contributed by atoms with Gasteiger partial charge in [0.2, 0.25) is 0 Å². The van der Waals surface area contributed by atoms with Crippen molar-refractivity contribution in [3.05, 3.63) is 23.8 Å². The predicted octanol–water partition coefficient (Wildman–Crippen LogP) is 2.64. The topological polar surface area (TPSA) is 72.5 Å². The summed E-state index contributed by atoms with van der Waals surface area (Å²) in [6.07, 6.45) is 4.15. The summed E-state index contributed by atoms with van der Waals surface area (Å²) in [5, 5.41) is 9.39. The van der Waals surface area contributed by atoms with Crippen molar-refractivity contribution in [3.63, 3.8) is 0 Å². The second kappa shape index (κ2) is 5.29. The molecule has 0 saturated heterocycles. The van der Waals surface area contributed by atoms with E-state index in [0.717, 1.165) is 12.8 Å². The maximum atomic E-state index is 11.4. The molecule has 2 rings (SSSR count). The highest BCUT2D eigenvalue weighted by molar-refractivity contribution is 5.79. The molecule has 3 N–H and O–H groups in total. The third-order valence-corrected chi connectivity index (χ3v) is 3.76. The molecule has 0 aromatic heterocycles. The number of carboxylic acids is 1. The monoisotopic (exact) mass is 249 g/mol. The highest BCUT2D eigenvalue weighted by Crippen LogP contribution is 2.38. The van der Waals surface area contributed by atoms with Crippen LogP contribution in [0.15, 0.2) is 18.2 Å².